The molecule has 0 bridgehead atoms. The first-order valence-corrected chi connectivity index (χ1v) is 11.0. The molecule has 2 aliphatic rings. The Kier molecular flexibility index (Phi) is 5.29. The fourth-order valence-corrected chi connectivity index (χ4v) is 4.15. The summed E-state index contributed by atoms with van der Waals surface area (Å²) in [5, 5.41) is 12.1. The molecule has 3 aromatic carbocycles. The maximum atomic E-state index is 10.1. The predicted octanol–water partition coefficient (Wildman–Crippen LogP) is 5.20. The number of rotatable bonds is 4. The van der Waals surface area contributed by atoms with Crippen molar-refractivity contribution in [2.24, 2.45) is 4.99 Å². The second kappa shape index (κ2) is 8.42. The summed E-state index contributed by atoms with van der Waals surface area (Å²) in [7, 11) is 4.06. The van der Waals surface area contributed by atoms with Gasteiger partial charge >= 0.3 is 0 Å². The number of allylic oxidation sites excluding steroid dienone is 1. The van der Waals surface area contributed by atoms with Gasteiger partial charge in [0, 0.05) is 25.3 Å². The average molecular weight is 432 g/mol. The zero-order valence-corrected chi connectivity index (χ0v) is 18.9. The van der Waals surface area contributed by atoms with Crippen molar-refractivity contribution < 1.29 is 0 Å². The summed E-state index contributed by atoms with van der Waals surface area (Å²) in [5.74, 6) is 0.649. The minimum absolute atomic E-state index is 0.256. The Labute approximate surface area is 194 Å². The second-order valence-corrected chi connectivity index (χ2v) is 8.49. The van der Waals surface area contributed by atoms with Gasteiger partial charge in [0.1, 0.15) is 6.07 Å². The molecule has 1 atom stereocenters. The number of nitrogens with zero attached hydrogens (tertiary/aromatic N) is 4. The summed E-state index contributed by atoms with van der Waals surface area (Å²) in [6.45, 7) is 2.06. The Balaban J connectivity index is 1.65. The fourth-order valence-electron chi connectivity index (χ4n) is 4.15. The van der Waals surface area contributed by atoms with Gasteiger partial charge in [-0.1, -0.05) is 72.3 Å². The molecule has 0 radical (unpaired) electrons. The van der Waals surface area contributed by atoms with E-state index in [0.717, 1.165) is 33.8 Å². The maximum absolute atomic E-state index is 10.1. The quantitative estimate of drug-likeness (QED) is 0.617. The molecule has 162 valence electrons. The number of hydrogen-bond donors (Lipinski definition) is 1. The second-order valence-electron chi connectivity index (χ2n) is 8.49. The number of fused-ring (bicyclic) bond motifs is 1. The number of hydrazine groups is 1. The minimum atomic E-state index is -0.256. The summed E-state index contributed by atoms with van der Waals surface area (Å²) < 4.78 is 0. The standard InChI is InChI=1S/C28H25N5/c1-19-9-11-22(12-10-19)27-24(18-29)28-30-25(20-7-5-4-6-8-20)17-26(33(28)31-27)21-13-15-23(16-14-21)32(2)3/h4-17,27,31H,1-3H3. The van der Waals surface area contributed by atoms with Crippen LogP contribution < -0.4 is 10.3 Å². The van der Waals surface area contributed by atoms with Gasteiger partial charge in [-0.05, 0) is 36.3 Å². The van der Waals surface area contributed by atoms with Gasteiger partial charge in [0.05, 0.1) is 23.0 Å². The number of nitriles is 1. The Morgan fingerprint density at radius 3 is 2.24 bits per heavy atom. The number of benzene rings is 3. The van der Waals surface area contributed by atoms with E-state index in [1.54, 1.807) is 0 Å². The number of hydrogen-bond acceptors (Lipinski definition) is 5. The molecule has 0 spiro atoms. The highest BCUT2D eigenvalue weighted by atomic mass is 15.6. The van der Waals surface area contributed by atoms with Gasteiger partial charge in [0.25, 0.3) is 0 Å². The van der Waals surface area contributed by atoms with Gasteiger partial charge in [0.2, 0.25) is 0 Å². The van der Waals surface area contributed by atoms with Crippen molar-refractivity contribution in [1.29, 1.82) is 5.26 Å². The van der Waals surface area contributed by atoms with Crippen molar-refractivity contribution in [3.8, 4) is 6.07 Å². The van der Waals surface area contributed by atoms with E-state index in [4.69, 9.17) is 4.99 Å². The van der Waals surface area contributed by atoms with Crippen molar-refractivity contribution in [2.75, 3.05) is 19.0 Å². The molecule has 2 aliphatic heterocycles. The van der Waals surface area contributed by atoms with Crippen molar-refractivity contribution in [3.63, 3.8) is 0 Å². The first-order valence-electron chi connectivity index (χ1n) is 11.0. The SMILES string of the molecule is Cc1ccc(C2NN3C(c4ccc(N(C)C)cc4)=CC(c4ccccc4)=NC3=C2C#N)cc1. The molecule has 5 nitrogen and oxygen atoms in total. The van der Waals surface area contributed by atoms with E-state index in [1.807, 2.05) is 49.4 Å². The Morgan fingerprint density at radius 2 is 1.61 bits per heavy atom. The highest BCUT2D eigenvalue weighted by Crippen LogP contribution is 2.39. The smallest absolute Gasteiger partial charge is 0.164 e. The van der Waals surface area contributed by atoms with Gasteiger partial charge in [-0.3, -0.25) is 5.01 Å². The zero-order chi connectivity index (χ0) is 22.9. The summed E-state index contributed by atoms with van der Waals surface area (Å²) >= 11 is 0. The molecule has 0 amide bonds. The van der Waals surface area contributed by atoms with Crippen molar-refractivity contribution in [1.82, 2.24) is 10.4 Å². The van der Waals surface area contributed by atoms with E-state index in [2.05, 4.69) is 77.9 Å². The monoisotopic (exact) mass is 431 g/mol. The van der Waals surface area contributed by atoms with E-state index in [0.29, 0.717) is 11.4 Å². The first-order chi connectivity index (χ1) is 16.0. The van der Waals surface area contributed by atoms with Crippen LogP contribution in [0.3, 0.4) is 0 Å². The van der Waals surface area contributed by atoms with Crippen LogP contribution in [0.4, 0.5) is 5.69 Å². The van der Waals surface area contributed by atoms with Crippen molar-refractivity contribution >= 4 is 17.1 Å². The van der Waals surface area contributed by atoms with Crippen LogP contribution in [0.5, 0.6) is 0 Å². The zero-order valence-electron chi connectivity index (χ0n) is 18.9. The van der Waals surface area contributed by atoms with Gasteiger partial charge in [-0.15, -0.1) is 0 Å². The molecule has 0 aromatic heterocycles. The first kappa shape index (κ1) is 20.7. The molecule has 33 heavy (non-hydrogen) atoms. The van der Waals surface area contributed by atoms with Gasteiger partial charge in [-0.25, -0.2) is 10.4 Å². The van der Waals surface area contributed by atoms with Gasteiger partial charge < -0.3 is 4.90 Å². The molecular weight excluding hydrogens is 406 g/mol. The van der Waals surface area contributed by atoms with E-state index < -0.39 is 0 Å². The number of aliphatic imine (C=N–C) groups is 1. The summed E-state index contributed by atoms with van der Waals surface area (Å²) in [6.07, 6.45) is 2.09. The van der Waals surface area contributed by atoms with Crippen LogP contribution in [0.15, 0.2) is 101 Å². The normalized spacial score (nSPS) is 17.3. The summed E-state index contributed by atoms with van der Waals surface area (Å²) in [6, 6.07) is 29.0. The molecule has 0 saturated carbocycles. The molecule has 3 aromatic rings. The largest absolute Gasteiger partial charge is 0.378 e. The van der Waals surface area contributed by atoms with Crippen molar-refractivity contribution in [3.05, 3.63) is 119 Å². The lowest BCUT2D eigenvalue weighted by Crippen LogP contribution is -2.34. The van der Waals surface area contributed by atoms with Crippen LogP contribution in [0.2, 0.25) is 0 Å². The predicted molar refractivity (Wildman–Crippen MR) is 133 cm³/mol. The van der Waals surface area contributed by atoms with E-state index in [-0.39, 0.29) is 6.04 Å². The minimum Gasteiger partial charge on any atom is -0.378 e. The van der Waals surface area contributed by atoms with Crippen LogP contribution in [0.25, 0.3) is 5.70 Å². The van der Waals surface area contributed by atoms with Crippen molar-refractivity contribution in [2.45, 2.75) is 13.0 Å². The maximum Gasteiger partial charge on any atom is 0.164 e. The highest BCUT2D eigenvalue weighted by Gasteiger charge is 2.37. The number of nitrogens with one attached hydrogen (secondary N) is 1. The Bertz CT molecular complexity index is 1310. The third kappa shape index (κ3) is 3.82. The van der Waals surface area contributed by atoms with E-state index in [9.17, 15) is 5.26 Å². The molecular formula is C28H25N5. The summed E-state index contributed by atoms with van der Waals surface area (Å²) in [5.41, 5.74) is 11.4. The van der Waals surface area contributed by atoms with Crippen LogP contribution in [-0.2, 0) is 0 Å². The molecule has 1 N–H and O–H groups in total. The van der Waals surface area contributed by atoms with Crippen LogP contribution >= 0.6 is 0 Å². The van der Waals surface area contributed by atoms with Crippen LogP contribution in [-0.4, -0.2) is 24.8 Å². The van der Waals surface area contributed by atoms with Gasteiger partial charge in [-0.2, -0.15) is 5.26 Å². The average Bonchev–Trinajstić information content (AvgIpc) is 3.23. The van der Waals surface area contributed by atoms with E-state index in [1.165, 1.54) is 5.56 Å². The topological polar surface area (TPSA) is 54.7 Å². The highest BCUT2D eigenvalue weighted by molar-refractivity contribution is 6.13. The van der Waals surface area contributed by atoms with Crippen LogP contribution in [0.1, 0.15) is 28.3 Å². The summed E-state index contributed by atoms with van der Waals surface area (Å²) in [4.78, 5) is 7.01. The lowest BCUT2D eigenvalue weighted by Gasteiger charge is -2.28. The Morgan fingerprint density at radius 1 is 0.909 bits per heavy atom. The fraction of sp³-hybridized carbons (Fsp3) is 0.143. The van der Waals surface area contributed by atoms with Gasteiger partial charge in [0.15, 0.2) is 5.82 Å². The molecule has 1 unspecified atom stereocenters. The molecule has 0 saturated heterocycles. The molecule has 5 rings (SSSR count). The molecule has 0 aliphatic carbocycles. The third-order valence-corrected chi connectivity index (χ3v) is 6.02. The molecule has 2 heterocycles. The number of anilines is 1. The third-order valence-electron chi connectivity index (χ3n) is 6.02. The molecule has 5 heteroatoms. The lowest BCUT2D eigenvalue weighted by atomic mass is 9.99. The van der Waals surface area contributed by atoms with E-state index >= 15 is 0 Å². The lowest BCUT2D eigenvalue weighted by molar-refractivity contribution is 0.362. The molecule has 0 fully saturated rings. The number of aryl methyl sites for hydroxylation is 1. The van der Waals surface area contributed by atoms with Crippen LogP contribution in [0, 0.1) is 18.3 Å². The Hall–Kier alpha value is -4.14.